The maximum Gasteiger partial charge on any atom is 0.573 e. The molecule has 0 amide bonds. The molecule has 0 aliphatic rings. The van der Waals surface area contributed by atoms with Gasteiger partial charge in [0.1, 0.15) is 5.75 Å². The summed E-state index contributed by atoms with van der Waals surface area (Å²) >= 11 is 0. The highest BCUT2D eigenvalue weighted by Crippen LogP contribution is 2.26. The van der Waals surface area contributed by atoms with Gasteiger partial charge in [0.15, 0.2) is 5.96 Å². The predicted molar refractivity (Wildman–Crippen MR) is 113 cm³/mol. The zero-order chi connectivity index (χ0) is 20.3. The Hall–Kier alpha value is -1.28. The van der Waals surface area contributed by atoms with Crippen molar-refractivity contribution in [1.29, 1.82) is 0 Å². The summed E-state index contributed by atoms with van der Waals surface area (Å²) in [5.74, 6) is 0.139. The molecule has 0 aliphatic carbocycles. The Kier molecular flexibility index (Phi) is 12.4. The number of sulfonamides is 1. The highest BCUT2D eigenvalue weighted by Gasteiger charge is 2.31. The van der Waals surface area contributed by atoms with E-state index in [1.807, 2.05) is 6.92 Å². The largest absolute Gasteiger partial charge is 0.573 e. The molecule has 0 radical (unpaired) electrons. The zero-order valence-electron chi connectivity index (χ0n) is 15.7. The van der Waals surface area contributed by atoms with Crippen molar-refractivity contribution in [3.05, 3.63) is 29.8 Å². The van der Waals surface area contributed by atoms with Crippen LogP contribution in [0.15, 0.2) is 29.3 Å². The molecule has 0 aromatic heterocycles. The number of benzene rings is 1. The second-order valence-corrected chi connectivity index (χ2v) is 7.52. The average molecular weight is 538 g/mol. The Morgan fingerprint density at radius 3 is 2.43 bits per heavy atom. The fraction of sp³-hybridized carbons (Fsp3) is 0.562. The van der Waals surface area contributed by atoms with Crippen molar-refractivity contribution in [1.82, 2.24) is 15.4 Å². The van der Waals surface area contributed by atoms with Crippen molar-refractivity contribution in [2.75, 3.05) is 25.4 Å². The molecule has 1 rings (SSSR count). The van der Waals surface area contributed by atoms with E-state index in [0.29, 0.717) is 31.0 Å². The molecule has 0 spiro atoms. The van der Waals surface area contributed by atoms with Crippen LogP contribution < -0.4 is 20.1 Å². The van der Waals surface area contributed by atoms with Crippen molar-refractivity contribution in [2.45, 2.75) is 33.2 Å². The Morgan fingerprint density at radius 2 is 1.82 bits per heavy atom. The molecule has 1 aromatic carbocycles. The zero-order valence-corrected chi connectivity index (χ0v) is 18.8. The van der Waals surface area contributed by atoms with Crippen LogP contribution in [0.2, 0.25) is 0 Å². The first-order valence-corrected chi connectivity index (χ1v) is 10.1. The van der Waals surface area contributed by atoms with Gasteiger partial charge in [-0.25, -0.2) is 18.1 Å². The van der Waals surface area contributed by atoms with Gasteiger partial charge in [-0.15, -0.1) is 37.1 Å². The quantitative estimate of drug-likeness (QED) is 0.185. The molecule has 0 fully saturated rings. The molecule has 1 aromatic rings. The van der Waals surface area contributed by atoms with Gasteiger partial charge in [-0.05, 0) is 26.3 Å². The number of hydrogen-bond acceptors (Lipinski definition) is 4. The van der Waals surface area contributed by atoms with Gasteiger partial charge in [-0.3, -0.25) is 0 Å². The Morgan fingerprint density at radius 1 is 1.14 bits per heavy atom. The molecular weight excluding hydrogens is 512 g/mol. The van der Waals surface area contributed by atoms with Crippen LogP contribution in [-0.2, 0) is 16.6 Å². The number of hydrogen-bond donors (Lipinski definition) is 3. The van der Waals surface area contributed by atoms with Crippen molar-refractivity contribution in [3.63, 3.8) is 0 Å². The van der Waals surface area contributed by atoms with Gasteiger partial charge in [-0.2, -0.15) is 0 Å². The van der Waals surface area contributed by atoms with E-state index in [1.54, 1.807) is 13.0 Å². The van der Waals surface area contributed by atoms with Crippen LogP contribution in [0.1, 0.15) is 25.8 Å². The maximum atomic E-state index is 12.5. The monoisotopic (exact) mass is 538 g/mol. The summed E-state index contributed by atoms with van der Waals surface area (Å²) in [6.07, 6.45) is -4.24. The first-order valence-electron chi connectivity index (χ1n) is 8.50. The third-order valence-corrected chi connectivity index (χ3v) is 4.70. The second-order valence-electron chi connectivity index (χ2n) is 5.43. The van der Waals surface area contributed by atoms with Gasteiger partial charge in [0, 0.05) is 25.2 Å². The van der Waals surface area contributed by atoms with Gasteiger partial charge in [0.25, 0.3) is 0 Å². The minimum Gasteiger partial charge on any atom is -0.405 e. The topological polar surface area (TPSA) is 91.8 Å². The lowest BCUT2D eigenvalue weighted by molar-refractivity contribution is -0.274. The number of guanidine groups is 1. The van der Waals surface area contributed by atoms with Gasteiger partial charge < -0.3 is 15.4 Å². The van der Waals surface area contributed by atoms with Crippen LogP contribution in [0.4, 0.5) is 13.2 Å². The van der Waals surface area contributed by atoms with Crippen molar-refractivity contribution in [2.24, 2.45) is 4.99 Å². The number of aliphatic imine (C=N–C) groups is 1. The lowest BCUT2D eigenvalue weighted by Crippen LogP contribution is -2.38. The van der Waals surface area contributed by atoms with Gasteiger partial charge in [0.2, 0.25) is 10.0 Å². The third-order valence-electron chi connectivity index (χ3n) is 3.30. The second kappa shape index (κ2) is 13.0. The number of nitrogens with one attached hydrogen (secondary N) is 3. The van der Waals surface area contributed by atoms with E-state index in [-0.39, 0.29) is 48.6 Å². The van der Waals surface area contributed by atoms with Gasteiger partial charge in [0.05, 0.1) is 12.3 Å². The predicted octanol–water partition coefficient (Wildman–Crippen LogP) is 2.59. The minimum absolute atomic E-state index is 0. The summed E-state index contributed by atoms with van der Waals surface area (Å²) in [7, 11) is -3.23. The third kappa shape index (κ3) is 11.5. The number of halogens is 4. The summed E-state index contributed by atoms with van der Waals surface area (Å²) in [6, 6.07) is 5.80. The summed E-state index contributed by atoms with van der Waals surface area (Å²) in [5, 5.41) is 5.98. The molecule has 0 saturated heterocycles. The van der Waals surface area contributed by atoms with E-state index >= 15 is 0 Å². The SMILES string of the molecule is CCNC(=NCc1ccccc1OC(F)(F)F)NCCCNS(=O)(=O)CC.I. The van der Waals surface area contributed by atoms with E-state index in [2.05, 4.69) is 25.1 Å². The first kappa shape index (κ1) is 26.7. The molecule has 7 nitrogen and oxygen atoms in total. The molecule has 162 valence electrons. The van der Waals surface area contributed by atoms with E-state index in [0.717, 1.165) is 0 Å². The Labute approximate surface area is 180 Å². The molecule has 0 atom stereocenters. The lowest BCUT2D eigenvalue weighted by Gasteiger charge is -2.14. The normalized spacial score (nSPS) is 12.2. The smallest absolute Gasteiger partial charge is 0.405 e. The standard InChI is InChI=1S/C16H25F3N4O3S.HI/c1-3-20-15(21-10-7-11-23-27(24,25)4-2)22-12-13-8-5-6-9-14(13)26-16(17,18)19;/h5-6,8-9,23H,3-4,7,10-12H2,1-2H3,(H2,20,21,22);1H. The summed E-state index contributed by atoms with van der Waals surface area (Å²) in [4.78, 5) is 4.25. The summed E-state index contributed by atoms with van der Waals surface area (Å²) < 4.78 is 66.5. The van der Waals surface area contributed by atoms with Crippen molar-refractivity contribution in [3.8, 4) is 5.75 Å². The number of rotatable bonds is 10. The number of alkyl halides is 3. The minimum atomic E-state index is -4.77. The summed E-state index contributed by atoms with van der Waals surface area (Å²) in [6.45, 7) is 4.69. The van der Waals surface area contributed by atoms with Crippen LogP contribution in [0.25, 0.3) is 0 Å². The molecule has 12 heteroatoms. The molecule has 0 saturated carbocycles. The molecule has 0 unspecified atom stereocenters. The van der Waals surface area contributed by atoms with Gasteiger partial charge >= 0.3 is 6.36 Å². The first-order chi connectivity index (χ1) is 12.7. The van der Waals surface area contributed by atoms with Crippen LogP contribution in [0, 0.1) is 0 Å². The number of ether oxygens (including phenoxy) is 1. The average Bonchev–Trinajstić information content (AvgIpc) is 2.59. The van der Waals surface area contributed by atoms with Crippen LogP contribution in [0.3, 0.4) is 0 Å². The maximum absolute atomic E-state index is 12.5. The summed E-state index contributed by atoms with van der Waals surface area (Å²) in [5.41, 5.74) is 0.294. The van der Waals surface area contributed by atoms with Crippen LogP contribution >= 0.6 is 24.0 Å². The highest BCUT2D eigenvalue weighted by molar-refractivity contribution is 14.0. The van der Waals surface area contributed by atoms with E-state index in [4.69, 9.17) is 0 Å². The van der Waals surface area contributed by atoms with Crippen LogP contribution in [-0.4, -0.2) is 46.1 Å². The molecule has 0 bridgehead atoms. The van der Waals surface area contributed by atoms with Crippen molar-refractivity contribution >= 4 is 40.0 Å². The van der Waals surface area contributed by atoms with Crippen molar-refractivity contribution < 1.29 is 26.3 Å². The van der Waals surface area contributed by atoms with Crippen LogP contribution in [0.5, 0.6) is 5.75 Å². The lowest BCUT2D eigenvalue weighted by atomic mass is 10.2. The molecular formula is C16H26F3IN4O3S. The molecule has 28 heavy (non-hydrogen) atoms. The van der Waals surface area contributed by atoms with E-state index < -0.39 is 16.4 Å². The number of nitrogens with zero attached hydrogens (tertiary/aromatic N) is 1. The fourth-order valence-electron chi connectivity index (χ4n) is 1.99. The van der Waals surface area contributed by atoms with E-state index in [1.165, 1.54) is 18.2 Å². The molecule has 3 N–H and O–H groups in total. The number of para-hydroxylation sites is 1. The Bertz CT molecular complexity index is 715. The molecule has 0 heterocycles. The Balaban J connectivity index is 0.00000729. The molecule has 0 aliphatic heterocycles. The fourth-order valence-corrected chi connectivity index (χ4v) is 2.65. The van der Waals surface area contributed by atoms with Gasteiger partial charge in [-0.1, -0.05) is 18.2 Å². The highest BCUT2D eigenvalue weighted by atomic mass is 127. The van der Waals surface area contributed by atoms with E-state index in [9.17, 15) is 21.6 Å².